The van der Waals surface area contributed by atoms with Crippen LogP contribution in [0.25, 0.3) is 32.4 Å². The SMILES string of the molecule is C=C[C@H]1C[N@]2CC[C@H]1C[C@@H]2[C@@H](O)c1ccnc2ccc(OC)cc12.O=C(O)c1cccc2cc3ccccc3cc12. The van der Waals surface area contributed by atoms with Crippen molar-refractivity contribution in [1.29, 1.82) is 0 Å². The summed E-state index contributed by atoms with van der Waals surface area (Å²) in [6, 6.07) is 25.2. The number of ether oxygens (including phenoxy) is 1. The van der Waals surface area contributed by atoms with E-state index < -0.39 is 12.1 Å². The number of methoxy groups -OCH3 is 1. The fourth-order valence-corrected chi connectivity index (χ4v) is 6.60. The molecule has 0 spiro atoms. The van der Waals surface area contributed by atoms with Crippen molar-refractivity contribution in [3.05, 3.63) is 109 Å². The minimum atomic E-state index is -0.883. The number of aromatic carboxylic acids is 1. The fraction of sp³-hybridized carbons (Fsp3) is 0.257. The molecule has 6 heteroatoms. The Balaban J connectivity index is 0.000000156. The van der Waals surface area contributed by atoms with Gasteiger partial charge in [0.15, 0.2) is 0 Å². The highest BCUT2D eigenvalue weighted by Crippen LogP contribution is 2.42. The lowest BCUT2D eigenvalue weighted by atomic mass is 9.73. The summed E-state index contributed by atoms with van der Waals surface area (Å²) in [5.41, 5.74) is 2.20. The number of aliphatic hydroxyl groups excluding tert-OH is 1. The van der Waals surface area contributed by atoms with E-state index in [0.29, 0.717) is 17.4 Å². The lowest BCUT2D eigenvalue weighted by Crippen LogP contribution is -2.54. The van der Waals surface area contributed by atoms with Gasteiger partial charge in [-0.05, 0) is 101 Å². The van der Waals surface area contributed by atoms with Gasteiger partial charge in [-0.1, -0.05) is 42.5 Å². The molecule has 2 N–H and O–H groups in total. The highest BCUT2D eigenvalue weighted by Gasteiger charge is 2.42. The molecule has 0 radical (unpaired) electrons. The van der Waals surface area contributed by atoms with Gasteiger partial charge in [0, 0.05) is 24.2 Å². The summed E-state index contributed by atoms with van der Waals surface area (Å²) in [6.45, 7) is 6.07. The zero-order valence-electron chi connectivity index (χ0n) is 23.1. The third-order valence-electron chi connectivity index (χ3n) is 8.80. The Kier molecular flexibility index (Phi) is 7.43. The van der Waals surface area contributed by atoms with Gasteiger partial charge in [0.2, 0.25) is 0 Å². The number of carboxylic acid groups (broad SMARTS) is 1. The van der Waals surface area contributed by atoms with E-state index in [2.05, 4.69) is 22.5 Å². The van der Waals surface area contributed by atoms with Crippen LogP contribution in [0.5, 0.6) is 5.75 Å². The summed E-state index contributed by atoms with van der Waals surface area (Å²) in [7, 11) is 1.66. The van der Waals surface area contributed by atoms with Crippen molar-refractivity contribution in [2.45, 2.75) is 25.0 Å². The fourth-order valence-electron chi connectivity index (χ4n) is 6.60. The largest absolute Gasteiger partial charge is 0.497 e. The average Bonchev–Trinajstić information content (AvgIpc) is 3.02. The number of hydrogen-bond donors (Lipinski definition) is 2. The maximum Gasteiger partial charge on any atom is 0.336 e. The van der Waals surface area contributed by atoms with Crippen molar-refractivity contribution in [1.82, 2.24) is 9.88 Å². The van der Waals surface area contributed by atoms with Gasteiger partial charge in [0.25, 0.3) is 0 Å². The number of carbonyl (C=O) groups is 1. The van der Waals surface area contributed by atoms with Crippen LogP contribution >= 0.6 is 0 Å². The molecule has 0 aliphatic carbocycles. The number of fused-ring (bicyclic) bond motifs is 6. The molecule has 2 bridgehead atoms. The van der Waals surface area contributed by atoms with Gasteiger partial charge in [-0.25, -0.2) is 4.79 Å². The molecule has 208 valence electrons. The topological polar surface area (TPSA) is 82.9 Å². The monoisotopic (exact) mass is 546 g/mol. The summed E-state index contributed by atoms with van der Waals surface area (Å²) in [4.78, 5) is 18.0. The van der Waals surface area contributed by atoms with Crippen LogP contribution in [-0.4, -0.2) is 52.3 Å². The number of pyridine rings is 1. The van der Waals surface area contributed by atoms with Gasteiger partial charge >= 0.3 is 5.97 Å². The van der Waals surface area contributed by atoms with Crippen LogP contribution in [0, 0.1) is 11.8 Å². The van der Waals surface area contributed by atoms with E-state index in [0.717, 1.165) is 63.3 Å². The number of hydrogen-bond acceptors (Lipinski definition) is 5. The van der Waals surface area contributed by atoms with Crippen molar-refractivity contribution >= 4 is 38.4 Å². The Labute approximate surface area is 239 Å². The second-order valence-electron chi connectivity index (χ2n) is 11.0. The molecule has 3 fully saturated rings. The van der Waals surface area contributed by atoms with Crippen LogP contribution in [0.2, 0.25) is 0 Å². The molecular weight excluding hydrogens is 512 g/mol. The molecule has 8 rings (SSSR count). The maximum absolute atomic E-state index is 11.2. The Bertz CT molecular complexity index is 1750. The summed E-state index contributed by atoms with van der Waals surface area (Å²) in [5.74, 6) is 1.12. The van der Waals surface area contributed by atoms with Crippen molar-refractivity contribution in [3.8, 4) is 5.75 Å². The van der Waals surface area contributed by atoms with Crippen LogP contribution in [-0.2, 0) is 0 Å². The summed E-state index contributed by atoms with van der Waals surface area (Å²) >= 11 is 0. The first-order valence-corrected chi connectivity index (χ1v) is 14.1. The lowest BCUT2D eigenvalue weighted by Gasteiger charge is -2.50. The Morgan fingerprint density at radius 3 is 2.51 bits per heavy atom. The van der Waals surface area contributed by atoms with E-state index in [9.17, 15) is 9.90 Å². The Morgan fingerprint density at radius 1 is 1.02 bits per heavy atom. The first-order chi connectivity index (χ1) is 20.0. The van der Waals surface area contributed by atoms with Crippen molar-refractivity contribution in [3.63, 3.8) is 0 Å². The number of rotatable bonds is 5. The van der Waals surface area contributed by atoms with E-state index in [4.69, 9.17) is 9.84 Å². The maximum atomic E-state index is 11.2. The molecule has 6 nitrogen and oxygen atoms in total. The molecule has 3 saturated heterocycles. The van der Waals surface area contributed by atoms with E-state index in [1.54, 1.807) is 25.4 Å². The van der Waals surface area contributed by atoms with E-state index >= 15 is 0 Å². The molecule has 3 aliphatic heterocycles. The van der Waals surface area contributed by atoms with Gasteiger partial charge in [0.1, 0.15) is 5.75 Å². The third-order valence-corrected chi connectivity index (χ3v) is 8.80. The van der Waals surface area contributed by atoms with Crippen LogP contribution in [0.4, 0.5) is 0 Å². The summed E-state index contributed by atoms with van der Waals surface area (Å²) in [6.07, 6.45) is 5.62. The van der Waals surface area contributed by atoms with Gasteiger partial charge in [-0.3, -0.25) is 9.88 Å². The first-order valence-electron chi connectivity index (χ1n) is 14.1. The molecule has 4 heterocycles. The van der Waals surface area contributed by atoms with Gasteiger partial charge in [-0.15, -0.1) is 6.58 Å². The molecule has 0 unspecified atom stereocenters. The molecule has 5 atom stereocenters. The molecule has 41 heavy (non-hydrogen) atoms. The van der Waals surface area contributed by atoms with Crippen molar-refractivity contribution in [2.75, 3.05) is 20.2 Å². The molecule has 1 aromatic heterocycles. The molecule has 0 saturated carbocycles. The van der Waals surface area contributed by atoms with Gasteiger partial charge in [-0.2, -0.15) is 0 Å². The predicted molar refractivity (Wildman–Crippen MR) is 163 cm³/mol. The lowest BCUT2D eigenvalue weighted by molar-refractivity contribution is -0.0444. The number of aliphatic hydroxyl groups is 1. The van der Waals surface area contributed by atoms with Crippen molar-refractivity contribution < 1.29 is 19.7 Å². The smallest absolute Gasteiger partial charge is 0.336 e. The summed E-state index contributed by atoms with van der Waals surface area (Å²) in [5, 5.41) is 25.2. The van der Waals surface area contributed by atoms with E-state index in [-0.39, 0.29) is 6.04 Å². The van der Waals surface area contributed by atoms with E-state index in [1.807, 2.05) is 66.7 Å². The zero-order chi connectivity index (χ0) is 28.5. The normalized spacial score (nSPS) is 22.2. The van der Waals surface area contributed by atoms with Crippen LogP contribution in [0.3, 0.4) is 0 Å². The number of piperidine rings is 3. The standard InChI is InChI=1S/C20H24N2O2.C15H10O2/c1-3-13-12-22-9-7-14(13)10-19(22)20(23)16-6-8-21-18-5-4-15(24-2)11-17(16)18;16-15(17)13-7-3-6-12-8-10-4-1-2-5-11(10)9-14(12)13/h3-6,8,11,13-14,19-20,23H,1,7,9-10,12H2,2H3;1-9H,(H,16,17)/t13-,14-,19+,20-;/m0./s1. The number of aromatic nitrogens is 1. The predicted octanol–water partition coefficient (Wildman–Crippen LogP) is 6.86. The van der Waals surface area contributed by atoms with Crippen LogP contribution in [0.1, 0.15) is 34.9 Å². The van der Waals surface area contributed by atoms with Crippen LogP contribution in [0.15, 0.2) is 97.7 Å². The third kappa shape index (κ3) is 5.17. The summed E-state index contributed by atoms with van der Waals surface area (Å²) < 4.78 is 5.35. The Morgan fingerprint density at radius 2 is 1.80 bits per heavy atom. The number of benzene rings is 4. The Hall–Kier alpha value is -4.26. The zero-order valence-corrected chi connectivity index (χ0v) is 23.1. The molecule has 5 aromatic rings. The molecule has 0 amide bonds. The second kappa shape index (κ2) is 11.3. The molecule has 3 aliphatic rings. The molecule has 4 aromatic carbocycles. The van der Waals surface area contributed by atoms with Gasteiger partial charge in [0.05, 0.1) is 24.3 Å². The highest BCUT2D eigenvalue weighted by molar-refractivity contribution is 6.08. The second-order valence-corrected chi connectivity index (χ2v) is 11.0. The molecular formula is C35H34N2O4. The number of carboxylic acids is 1. The number of nitrogens with zero attached hydrogens (tertiary/aromatic N) is 2. The van der Waals surface area contributed by atoms with Crippen molar-refractivity contribution in [2.24, 2.45) is 11.8 Å². The minimum Gasteiger partial charge on any atom is -0.497 e. The van der Waals surface area contributed by atoms with E-state index in [1.165, 1.54) is 6.42 Å². The first kappa shape index (κ1) is 26.9. The highest BCUT2D eigenvalue weighted by atomic mass is 16.5. The average molecular weight is 547 g/mol. The van der Waals surface area contributed by atoms with Crippen LogP contribution < -0.4 is 4.74 Å². The quantitative estimate of drug-likeness (QED) is 0.185. The minimum absolute atomic E-state index is 0.178. The van der Waals surface area contributed by atoms with Gasteiger partial charge < -0.3 is 14.9 Å².